The Morgan fingerprint density at radius 2 is 1.84 bits per heavy atom. The van der Waals surface area contributed by atoms with Crippen molar-refractivity contribution in [2.75, 3.05) is 4.90 Å². The fourth-order valence-electron chi connectivity index (χ4n) is 2.85. The van der Waals surface area contributed by atoms with E-state index < -0.39 is 11.9 Å². The van der Waals surface area contributed by atoms with Crippen LogP contribution in [0.3, 0.4) is 0 Å². The molecular weight excluding hydrogens is 356 g/mol. The normalized spacial score (nSPS) is 15.4. The van der Waals surface area contributed by atoms with Gasteiger partial charge in [0.2, 0.25) is 0 Å². The number of fused-ring (bicyclic) bond motifs is 1. The van der Waals surface area contributed by atoms with Gasteiger partial charge in [0.25, 0.3) is 5.91 Å². The molecule has 0 atom stereocenters. The molecule has 0 unspecified atom stereocenters. The van der Waals surface area contributed by atoms with Crippen LogP contribution < -0.4 is 10.6 Å². The lowest BCUT2D eigenvalue weighted by Gasteiger charge is -2.11. The molecule has 0 spiro atoms. The maximum Gasteiger partial charge on any atom is 0.326 e. The third-order valence-electron chi connectivity index (χ3n) is 3.94. The highest BCUT2D eigenvalue weighted by atomic mass is 32.1. The Labute approximate surface area is 151 Å². The van der Waals surface area contributed by atoms with Gasteiger partial charge in [-0.15, -0.1) is 22.7 Å². The van der Waals surface area contributed by atoms with Crippen molar-refractivity contribution in [1.29, 1.82) is 0 Å². The van der Waals surface area contributed by atoms with Gasteiger partial charge in [-0.1, -0.05) is 18.2 Å². The van der Waals surface area contributed by atoms with Gasteiger partial charge in [-0.25, -0.2) is 9.69 Å². The lowest BCUT2D eigenvalue weighted by atomic mass is 10.0. The predicted molar refractivity (Wildman–Crippen MR) is 101 cm³/mol. The molecule has 1 aromatic carbocycles. The van der Waals surface area contributed by atoms with E-state index in [9.17, 15) is 14.7 Å². The first-order chi connectivity index (χ1) is 12.1. The molecule has 0 saturated carbocycles. The number of carbonyl (C=O) groups is 2. The molecule has 0 fully saturated rings. The van der Waals surface area contributed by atoms with E-state index in [1.54, 1.807) is 41.0 Å². The first-order valence-corrected chi connectivity index (χ1v) is 9.13. The largest absolute Gasteiger partial charge is 0.506 e. The average Bonchev–Trinajstić information content (AvgIpc) is 3.33. The second-order valence-corrected chi connectivity index (χ2v) is 7.28. The average molecular weight is 368 g/mol. The summed E-state index contributed by atoms with van der Waals surface area (Å²) in [6.45, 7) is 0. The Hall–Kier alpha value is -2.90. The molecule has 7 heteroatoms. The van der Waals surface area contributed by atoms with Gasteiger partial charge < -0.3 is 10.8 Å². The van der Waals surface area contributed by atoms with Crippen LogP contribution in [-0.2, 0) is 4.79 Å². The molecule has 25 heavy (non-hydrogen) atoms. The number of nitrogens with two attached hydrogens (primary N) is 1. The number of amides is 3. The summed E-state index contributed by atoms with van der Waals surface area (Å²) in [5, 5.41) is 14.4. The summed E-state index contributed by atoms with van der Waals surface area (Å²) >= 11 is 2.88. The first kappa shape index (κ1) is 15.6. The van der Waals surface area contributed by atoms with Crippen molar-refractivity contribution in [1.82, 2.24) is 0 Å². The Balaban J connectivity index is 1.96. The highest BCUT2D eigenvalue weighted by Gasteiger charge is 2.38. The topological polar surface area (TPSA) is 83.6 Å². The van der Waals surface area contributed by atoms with Gasteiger partial charge >= 0.3 is 6.03 Å². The van der Waals surface area contributed by atoms with E-state index in [0.29, 0.717) is 16.1 Å². The van der Waals surface area contributed by atoms with Crippen molar-refractivity contribution in [3.63, 3.8) is 0 Å². The van der Waals surface area contributed by atoms with E-state index in [1.807, 2.05) is 23.6 Å². The van der Waals surface area contributed by atoms with Crippen LogP contribution in [0.4, 0.5) is 10.5 Å². The highest BCUT2D eigenvalue weighted by molar-refractivity contribution is 7.13. The fourth-order valence-corrected chi connectivity index (χ4v) is 4.25. The van der Waals surface area contributed by atoms with E-state index in [2.05, 4.69) is 0 Å². The second-order valence-electron chi connectivity index (χ2n) is 5.39. The van der Waals surface area contributed by atoms with Crippen molar-refractivity contribution in [2.24, 2.45) is 5.73 Å². The Bertz CT molecular complexity index is 1010. The number of carbonyl (C=O) groups excluding carboxylic acids is 2. The summed E-state index contributed by atoms with van der Waals surface area (Å²) in [7, 11) is 0. The molecule has 0 bridgehead atoms. The number of benzene rings is 1. The summed E-state index contributed by atoms with van der Waals surface area (Å²) in [5.74, 6) is -0.759. The number of imide groups is 1. The maximum absolute atomic E-state index is 12.8. The van der Waals surface area contributed by atoms with Crippen molar-refractivity contribution >= 4 is 51.6 Å². The maximum atomic E-state index is 12.8. The number of hydrogen-bond acceptors (Lipinski definition) is 5. The molecule has 1 aliphatic rings. The highest BCUT2D eigenvalue weighted by Crippen LogP contribution is 2.43. The minimum atomic E-state index is -0.871. The molecule has 0 radical (unpaired) electrons. The Kier molecular flexibility index (Phi) is 3.67. The zero-order valence-corrected chi connectivity index (χ0v) is 14.4. The molecule has 1 aliphatic heterocycles. The standard InChI is InChI=1S/C18H12N2O3S2/c19-18(23)20-12-6-5-10(13-3-1-7-24-13)9-11(12)15(17(20)22)16(21)14-4-2-8-25-14/h1-9,21H,(H2,19,23)/b16-15+. The molecule has 124 valence electrons. The molecule has 3 heterocycles. The molecular formula is C18H12N2O3S2. The van der Waals surface area contributed by atoms with E-state index >= 15 is 0 Å². The van der Waals surface area contributed by atoms with Crippen LogP contribution in [0.1, 0.15) is 10.4 Å². The summed E-state index contributed by atoms with van der Waals surface area (Å²) in [5.41, 5.74) is 7.27. The van der Waals surface area contributed by atoms with Crippen LogP contribution in [0.5, 0.6) is 0 Å². The number of aliphatic hydroxyl groups is 1. The molecule has 3 amide bonds. The smallest absolute Gasteiger partial charge is 0.326 e. The third kappa shape index (κ3) is 2.45. The van der Waals surface area contributed by atoms with Crippen LogP contribution in [0.2, 0.25) is 0 Å². The SMILES string of the molecule is NC(=O)N1C(=O)/C(=C(/O)c2cccs2)c2cc(-c3cccs3)ccc21. The number of aliphatic hydroxyl groups excluding tert-OH is 1. The third-order valence-corrected chi connectivity index (χ3v) is 5.74. The number of anilines is 1. The second kappa shape index (κ2) is 5.87. The van der Waals surface area contributed by atoms with Crippen LogP contribution in [0, 0.1) is 0 Å². The number of urea groups is 1. The van der Waals surface area contributed by atoms with Crippen LogP contribution in [0.15, 0.2) is 53.2 Å². The van der Waals surface area contributed by atoms with Gasteiger partial charge in [0, 0.05) is 10.4 Å². The van der Waals surface area contributed by atoms with Gasteiger partial charge in [-0.2, -0.15) is 0 Å². The minimum absolute atomic E-state index is 0.0923. The molecule has 5 nitrogen and oxygen atoms in total. The van der Waals surface area contributed by atoms with Gasteiger partial charge in [0.15, 0.2) is 0 Å². The lowest BCUT2D eigenvalue weighted by molar-refractivity contribution is -0.112. The van der Waals surface area contributed by atoms with E-state index in [-0.39, 0.29) is 11.3 Å². The first-order valence-electron chi connectivity index (χ1n) is 7.37. The van der Waals surface area contributed by atoms with Crippen LogP contribution in [0.25, 0.3) is 21.8 Å². The minimum Gasteiger partial charge on any atom is -0.506 e. The number of hydrogen-bond donors (Lipinski definition) is 2. The van der Waals surface area contributed by atoms with Crippen molar-refractivity contribution in [3.05, 3.63) is 63.7 Å². The molecule has 2 aromatic heterocycles. The monoisotopic (exact) mass is 368 g/mol. The summed E-state index contributed by atoms with van der Waals surface area (Å²) < 4.78 is 0. The van der Waals surface area contributed by atoms with E-state index in [1.165, 1.54) is 11.3 Å². The van der Waals surface area contributed by atoms with Gasteiger partial charge in [-0.3, -0.25) is 4.79 Å². The van der Waals surface area contributed by atoms with Gasteiger partial charge in [-0.05, 0) is 40.6 Å². The number of rotatable bonds is 2. The van der Waals surface area contributed by atoms with Crippen molar-refractivity contribution in [3.8, 4) is 10.4 Å². The Morgan fingerprint density at radius 3 is 2.48 bits per heavy atom. The van der Waals surface area contributed by atoms with E-state index in [0.717, 1.165) is 15.3 Å². The van der Waals surface area contributed by atoms with Crippen molar-refractivity contribution < 1.29 is 14.7 Å². The lowest BCUT2D eigenvalue weighted by Crippen LogP contribution is -2.37. The molecule has 4 rings (SSSR count). The molecule has 0 saturated heterocycles. The van der Waals surface area contributed by atoms with Gasteiger partial charge in [0.05, 0.1) is 16.1 Å². The zero-order valence-electron chi connectivity index (χ0n) is 12.8. The van der Waals surface area contributed by atoms with Crippen molar-refractivity contribution in [2.45, 2.75) is 0 Å². The molecule has 3 aromatic rings. The number of primary amides is 1. The summed E-state index contributed by atoms with van der Waals surface area (Å²) in [4.78, 5) is 27.0. The van der Waals surface area contributed by atoms with E-state index in [4.69, 9.17) is 5.73 Å². The summed E-state index contributed by atoms with van der Waals surface area (Å²) in [6, 6.07) is 11.9. The fraction of sp³-hybridized carbons (Fsp3) is 0. The van der Waals surface area contributed by atoms with Gasteiger partial charge in [0.1, 0.15) is 5.76 Å². The van der Waals surface area contributed by atoms with Crippen LogP contribution in [-0.4, -0.2) is 17.0 Å². The Morgan fingerprint density at radius 1 is 1.08 bits per heavy atom. The molecule has 0 aliphatic carbocycles. The quantitative estimate of drug-likeness (QED) is 0.522. The number of nitrogens with zero attached hydrogens (tertiary/aromatic N) is 1. The number of thiophene rings is 2. The zero-order chi connectivity index (χ0) is 17.6. The molecule has 3 N–H and O–H groups in total. The predicted octanol–water partition coefficient (Wildman–Crippen LogP) is 4.33. The van der Waals surface area contributed by atoms with Crippen LogP contribution >= 0.6 is 22.7 Å². The summed E-state index contributed by atoms with van der Waals surface area (Å²) in [6.07, 6.45) is 0.